The van der Waals surface area contributed by atoms with Crippen LogP contribution < -0.4 is 10.6 Å². The van der Waals surface area contributed by atoms with E-state index in [1.54, 1.807) is 32.9 Å². The summed E-state index contributed by atoms with van der Waals surface area (Å²) in [6, 6.07) is 5.24. The number of amides is 2. The molecule has 29 heavy (non-hydrogen) atoms. The van der Waals surface area contributed by atoms with Gasteiger partial charge in [-0.2, -0.15) is 4.31 Å². The van der Waals surface area contributed by atoms with Gasteiger partial charge < -0.3 is 20.3 Å². The molecule has 0 aromatic heterocycles. The van der Waals surface area contributed by atoms with Crippen LogP contribution >= 0.6 is 0 Å². The zero-order valence-corrected chi connectivity index (χ0v) is 18.4. The lowest BCUT2D eigenvalue weighted by Crippen LogP contribution is -2.47. The number of nitrogens with zero attached hydrogens (tertiary/aromatic N) is 2. The number of rotatable bonds is 5. The quantitative estimate of drug-likeness (QED) is 0.738. The minimum absolute atomic E-state index is 0.118. The van der Waals surface area contributed by atoms with Gasteiger partial charge in [0.2, 0.25) is 15.9 Å². The van der Waals surface area contributed by atoms with Crippen LogP contribution in [0.15, 0.2) is 29.2 Å². The third kappa shape index (κ3) is 6.69. The molecular formula is C19H30N4O5S. The van der Waals surface area contributed by atoms with Gasteiger partial charge in [-0.15, -0.1) is 0 Å². The first-order chi connectivity index (χ1) is 13.4. The number of alkyl carbamates (subject to hydrolysis) is 1. The highest BCUT2D eigenvalue weighted by atomic mass is 32.2. The Labute approximate surface area is 172 Å². The fourth-order valence-electron chi connectivity index (χ4n) is 2.71. The zero-order valence-electron chi connectivity index (χ0n) is 17.6. The molecule has 2 amide bonds. The van der Waals surface area contributed by atoms with Crippen LogP contribution in [0.4, 0.5) is 10.5 Å². The van der Waals surface area contributed by atoms with Gasteiger partial charge in [0.05, 0.1) is 4.90 Å². The van der Waals surface area contributed by atoms with Gasteiger partial charge in [0.15, 0.2) is 0 Å². The van der Waals surface area contributed by atoms with E-state index >= 15 is 0 Å². The third-order valence-corrected chi connectivity index (χ3v) is 6.22. The number of carbonyl (C=O) groups is 2. The number of sulfonamides is 1. The van der Waals surface area contributed by atoms with Crippen molar-refractivity contribution < 1.29 is 22.7 Å². The number of carbonyl (C=O) groups excluding carboxylic acids is 2. The molecule has 1 unspecified atom stereocenters. The second kappa shape index (κ2) is 9.10. The Morgan fingerprint density at radius 3 is 2.34 bits per heavy atom. The fourth-order valence-corrected chi connectivity index (χ4v) is 4.18. The predicted octanol–water partition coefficient (Wildman–Crippen LogP) is 1.47. The molecule has 1 aromatic rings. The molecule has 1 atom stereocenters. The van der Waals surface area contributed by atoms with E-state index in [0.29, 0.717) is 31.9 Å². The second-order valence-corrected chi connectivity index (χ2v) is 10.0. The molecule has 0 saturated carbocycles. The summed E-state index contributed by atoms with van der Waals surface area (Å²) in [7, 11) is -1.69. The van der Waals surface area contributed by atoms with Gasteiger partial charge in [-0.05, 0) is 52.9 Å². The van der Waals surface area contributed by atoms with E-state index < -0.39 is 33.7 Å². The molecule has 10 heteroatoms. The summed E-state index contributed by atoms with van der Waals surface area (Å²) >= 11 is 0. The van der Waals surface area contributed by atoms with Gasteiger partial charge in [-0.3, -0.25) is 4.79 Å². The van der Waals surface area contributed by atoms with E-state index in [2.05, 4.69) is 15.5 Å². The third-order valence-electron chi connectivity index (χ3n) is 4.33. The van der Waals surface area contributed by atoms with Crippen LogP contribution in [0.1, 0.15) is 27.7 Å². The molecular weight excluding hydrogens is 396 g/mol. The number of likely N-dealkylation sites (N-methyl/N-ethyl adjacent to an activating group) is 1. The average Bonchev–Trinajstić information content (AvgIpc) is 2.60. The Balaban J connectivity index is 2.03. The van der Waals surface area contributed by atoms with Crippen molar-refractivity contribution in [2.24, 2.45) is 0 Å². The lowest BCUT2D eigenvalue weighted by Gasteiger charge is -2.31. The standard InChI is InChI=1S/C19H30N4O5S/c1-14(20-18(25)28-19(2,3)4)17(24)21-15-7-6-8-16(13-15)29(26,27)23-11-9-22(5)10-12-23/h6-8,13-14H,9-12H2,1-5H3,(H,20,25)(H,21,24). The van der Waals surface area contributed by atoms with E-state index in [4.69, 9.17) is 4.74 Å². The molecule has 0 bridgehead atoms. The molecule has 1 aliphatic rings. The molecule has 2 N–H and O–H groups in total. The summed E-state index contributed by atoms with van der Waals surface area (Å²) in [5.74, 6) is -0.481. The normalized spacial score (nSPS) is 17.4. The smallest absolute Gasteiger partial charge is 0.408 e. The van der Waals surface area contributed by atoms with Crippen LogP contribution in [-0.2, 0) is 19.6 Å². The van der Waals surface area contributed by atoms with Crippen molar-refractivity contribution in [3.8, 4) is 0 Å². The maximum absolute atomic E-state index is 12.9. The van der Waals surface area contributed by atoms with Crippen molar-refractivity contribution in [1.29, 1.82) is 0 Å². The van der Waals surface area contributed by atoms with Crippen LogP contribution in [0, 0.1) is 0 Å². The molecule has 0 aliphatic carbocycles. The van der Waals surface area contributed by atoms with E-state index in [-0.39, 0.29) is 4.90 Å². The summed E-state index contributed by atoms with van der Waals surface area (Å²) in [5.41, 5.74) is -0.338. The number of benzene rings is 1. The lowest BCUT2D eigenvalue weighted by atomic mass is 10.2. The summed E-state index contributed by atoms with van der Waals surface area (Å²) < 4.78 is 32.3. The van der Waals surface area contributed by atoms with E-state index in [1.165, 1.54) is 23.4 Å². The summed E-state index contributed by atoms with van der Waals surface area (Å²) in [6.07, 6.45) is -0.702. The SMILES string of the molecule is CC(NC(=O)OC(C)(C)C)C(=O)Nc1cccc(S(=O)(=O)N2CCN(C)CC2)c1. The van der Waals surface area contributed by atoms with E-state index in [9.17, 15) is 18.0 Å². The van der Waals surface area contributed by atoms with Crippen molar-refractivity contribution in [3.05, 3.63) is 24.3 Å². The predicted molar refractivity (Wildman–Crippen MR) is 110 cm³/mol. The lowest BCUT2D eigenvalue weighted by molar-refractivity contribution is -0.117. The summed E-state index contributed by atoms with van der Waals surface area (Å²) in [4.78, 5) is 26.4. The fraction of sp³-hybridized carbons (Fsp3) is 0.579. The molecule has 9 nitrogen and oxygen atoms in total. The van der Waals surface area contributed by atoms with E-state index in [1.807, 2.05) is 7.05 Å². The molecule has 1 fully saturated rings. The highest BCUT2D eigenvalue weighted by molar-refractivity contribution is 7.89. The number of anilines is 1. The Hall–Kier alpha value is -2.17. The number of nitrogens with one attached hydrogen (secondary N) is 2. The molecule has 0 radical (unpaired) electrons. The summed E-state index contributed by atoms with van der Waals surface area (Å²) in [6.45, 7) is 8.88. The minimum atomic E-state index is -3.64. The highest BCUT2D eigenvalue weighted by Gasteiger charge is 2.28. The number of ether oxygens (including phenoxy) is 1. The Kier molecular flexibility index (Phi) is 7.25. The molecule has 1 saturated heterocycles. The molecule has 0 spiro atoms. The minimum Gasteiger partial charge on any atom is -0.444 e. The molecule has 2 rings (SSSR count). The van der Waals surface area contributed by atoms with Crippen molar-refractivity contribution in [3.63, 3.8) is 0 Å². The molecule has 1 heterocycles. The largest absolute Gasteiger partial charge is 0.444 e. The van der Waals surface area contributed by atoms with Crippen LogP contribution in [0.3, 0.4) is 0 Å². The molecule has 1 aromatic carbocycles. The van der Waals surface area contributed by atoms with Crippen molar-refractivity contribution in [2.75, 3.05) is 38.5 Å². The monoisotopic (exact) mass is 426 g/mol. The van der Waals surface area contributed by atoms with Crippen LogP contribution in [0.25, 0.3) is 0 Å². The van der Waals surface area contributed by atoms with Crippen LogP contribution in [-0.4, -0.2) is 74.5 Å². The van der Waals surface area contributed by atoms with Crippen LogP contribution in [0.2, 0.25) is 0 Å². The van der Waals surface area contributed by atoms with Crippen molar-refractivity contribution in [1.82, 2.24) is 14.5 Å². The molecule has 162 valence electrons. The van der Waals surface area contributed by atoms with Crippen LogP contribution in [0.5, 0.6) is 0 Å². The van der Waals surface area contributed by atoms with Gasteiger partial charge in [0.25, 0.3) is 0 Å². The van der Waals surface area contributed by atoms with E-state index in [0.717, 1.165) is 0 Å². The molecule has 1 aliphatic heterocycles. The summed E-state index contributed by atoms with van der Waals surface area (Å²) in [5, 5.41) is 5.08. The van der Waals surface area contributed by atoms with Crippen molar-refractivity contribution in [2.45, 2.75) is 44.2 Å². The Morgan fingerprint density at radius 1 is 1.14 bits per heavy atom. The Morgan fingerprint density at radius 2 is 1.76 bits per heavy atom. The maximum Gasteiger partial charge on any atom is 0.408 e. The van der Waals surface area contributed by atoms with Gasteiger partial charge in [0.1, 0.15) is 11.6 Å². The number of piperazine rings is 1. The average molecular weight is 427 g/mol. The first-order valence-electron chi connectivity index (χ1n) is 9.47. The second-order valence-electron chi connectivity index (χ2n) is 8.09. The Bertz CT molecular complexity index is 842. The van der Waals surface area contributed by atoms with Gasteiger partial charge in [0, 0.05) is 31.9 Å². The van der Waals surface area contributed by atoms with Gasteiger partial charge >= 0.3 is 6.09 Å². The van der Waals surface area contributed by atoms with Crippen molar-refractivity contribution >= 4 is 27.7 Å². The van der Waals surface area contributed by atoms with Gasteiger partial charge in [-0.1, -0.05) is 6.07 Å². The highest BCUT2D eigenvalue weighted by Crippen LogP contribution is 2.21. The first-order valence-corrected chi connectivity index (χ1v) is 10.9. The maximum atomic E-state index is 12.9. The number of hydrogen-bond donors (Lipinski definition) is 2. The zero-order chi connectivity index (χ0) is 21.8. The van der Waals surface area contributed by atoms with Gasteiger partial charge in [-0.25, -0.2) is 13.2 Å². The topological polar surface area (TPSA) is 108 Å². The first kappa shape index (κ1) is 23.1. The number of hydrogen-bond acceptors (Lipinski definition) is 6.